The number of aryl methyl sites for hydroxylation is 1. The number of nitrogens with one attached hydrogen (secondary N) is 2. The van der Waals surface area contributed by atoms with Gasteiger partial charge in [0, 0.05) is 37.6 Å². The maximum absolute atomic E-state index is 4.72. The number of benzene rings is 1. The summed E-state index contributed by atoms with van der Waals surface area (Å²) in [5.74, 6) is 0.868. The van der Waals surface area contributed by atoms with Crippen molar-refractivity contribution in [3.8, 4) is 0 Å². The van der Waals surface area contributed by atoms with Crippen molar-refractivity contribution < 1.29 is 0 Å². The van der Waals surface area contributed by atoms with Crippen LogP contribution in [0.25, 0.3) is 0 Å². The Bertz CT molecular complexity index is 698. The second-order valence-corrected chi connectivity index (χ2v) is 6.37. The standard InChI is InChI=1S/C20H27N5/c1-3-21-20(23-14-19-16(2)8-7-12-22-19)24-17-11-13-25(15-17)18-9-5-4-6-10-18/h4-10,12,17H,3,11,13-15H2,1-2H3,(H2,21,23,24). The van der Waals surface area contributed by atoms with Gasteiger partial charge in [0.05, 0.1) is 12.2 Å². The van der Waals surface area contributed by atoms with E-state index in [4.69, 9.17) is 4.99 Å². The summed E-state index contributed by atoms with van der Waals surface area (Å²) in [6.45, 7) is 7.68. The zero-order valence-electron chi connectivity index (χ0n) is 15.1. The van der Waals surface area contributed by atoms with E-state index < -0.39 is 0 Å². The topological polar surface area (TPSA) is 52.6 Å². The van der Waals surface area contributed by atoms with Gasteiger partial charge in [-0.3, -0.25) is 4.98 Å². The molecular formula is C20H27N5. The molecule has 0 bridgehead atoms. The molecular weight excluding hydrogens is 310 g/mol. The van der Waals surface area contributed by atoms with Crippen LogP contribution in [0.2, 0.25) is 0 Å². The van der Waals surface area contributed by atoms with Crippen molar-refractivity contribution in [3.05, 3.63) is 59.9 Å². The molecule has 5 nitrogen and oxygen atoms in total. The van der Waals surface area contributed by atoms with Gasteiger partial charge in [0.15, 0.2) is 5.96 Å². The first-order chi connectivity index (χ1) is 12.3. The number of nitrogens with zero attached hydrogens (tertiary/aromatic N) is 3. The van der Waals surface area contributed by atoms with Crippen LogP contribution < -0.4 is 15.5 Å². The van der Waals surface area contributed by atoms with Crippen molar-refractivity contribution in [1.29, 1.82) is 0 Å². The van der Waals surface area contributed by atoms with E-state index in [0.717, 1.165) is 37.7 Å². The molecule has 1 aliphatic rings. The van der Waals surface area contributed by atoms with Gasteiger partial charge in [-0.05, 0) is 44.0 Å². The van der Waals surface area contributed by atoms with Crippen molar-refractivity contribution in [2.75, 3.05) is 24.5 Å². The first-order valence-corrected chi connectivity index (χ1v) is 9.01. The molecule has 2 aromatic rings. The number of rotatable bonds is 5. The lowest BCUT2D eigenvalue weighted by Crippen LogP contribution is -2.44. The van der Waals surface area contributed by atoms with E-state index in [9.17, 15) is 0 Å². The Morgan fingerprint density at radius 2 is 2.08 bits per heavy atom. The molecule has 2 N–H and O–H groups in total. The fourth-order valence-corrected chi connectivity index (χ4v) is 3.10. The first kappa shape index (κ1) is 17.3. The van der Waals surface area contributed by atoms with E-state index in [1.165, 1.54) is 11.3 Å². The highest BCUT2D eigenvalue weighted by atomic mass is 15.2. The van der Waals surface area contributed by atoms with E-state index >= 15 is 0 Å². The van der Waals surface area contributed by atoms with Crippen LogP contribution in [0.15, 0.2) is 53.7 Å². The predicted octanol–water partition coefficient (Wildman–Crippen LogP) is 2.72. The Morgan fingerprint density at radius 3 is 2.84 bits per heavy atom. The maximum atomic E-state index is 4.72. The monoisotopic (exact) mass is 337 g/mol. The molecule has 5 heteroatoms. The smallest absolute Gasteiger partial charge is 0.191 e. The number of pyridine rings is 1. The lowest BCUT2D eigenvalue weighted by molar-refractivity contribution is 0.648. The van der Waals surface area contributed by atoms with Gasteiger partial charge >= 0.3 is 0 Å². The molecule has 0 spiro atoms. The zero-order valence-corrected chi connectivity index (χ0v) is 15.1. The maximum Gasteiger partial charge on any atom is 0.191 e. The summed E-state index contributed by atoms with van der Waals surface area (Å²) in [5.41, 5.74) is 3.49. The second kappa shape index (κ2) is 8.51. The first-order valence-electron chi connectivity index (χ1n) is 9.01. The van der Waals surface area contributed by atoms with Crippen LogP contribution in [0.4, 0.5) is 5.69 Å². The lowest BCUT2D eigenvalue weighted by atomic mass is 10.2. The van der Waals surface area contributed by atoms with Crippen LogP contribution in [-0.4, -0.2) is 36.6 Å². The molecule has 1 aromatic heterocycles. The molecule has 1 atom stereocenters. The van der Waals surface area contributed by atoms with Gasteiger partial charge in [-0.15, -0.1) is 0 Å². The number of aromatic nitrogens is 1. The molecule has 1 unspecified atom stereocenters. The highest BCUT2D eigenvalue weighted by molar-refractivity contribution is 5.80. The molecule has 1 fully saturated rings. The van der Waals surface area contributed by atoms with Gasteiger partial charge in [0.1, 0.15) is 0 Å². The van der Waals surface area contributed by atoms with Crippen molar-refractivity contribution in [2.45, 2.75) is 32.9 Å². The third-order valence-corrected chi connectivity index (χ3v) is 4.50. The molecule has 1 aliphatic heterocycles. The number of hydrogen-bond donors (Lipinski definition) is 2. The summed E-state index contributed by atoms with van der Waals surface area (Å²) in [7, 11) is 0. The highest BCUT2D eigenvalue weighted by Gasteiger charge is 2.23. The van der Waals surface area contributed by atoms with Crippen LogP contribution >= 0.6 is 0 Å². The lowest BCUT2D eigenvalue weighted by Gasteiger charge is -2.20. The minimum atomic E-state index is 0.405. The van der Waals surface area contributed by atoms with Crippen LogP contribution in [0.3, 0.4) is 0 Å². The van der Waals surface area contributed by atoms with E-state index in [-0.39, 0.29) is 0 Å². The van der Waals surface area contributed by atoms with E-state index in [1.54, 1.807) is 0 Å². The summed E-state index contributed by atoms with van der Waals surface area (Å²) >= 11 is 0. The molecule has 3 rings (SSSR count). The minimum absolute atomic E-state index is 0.405. The molecule has 0 saturated carbocycles. The molecule has 2 heterocycles. The number of aliphatic imine (C=N–C) groups is 1. The number of anilines is 1. The fraction of sp³-hybridized carbons (Fsp3) is 0.400. The van der Waals surface area contributed by atoms with E-state index in [0.29, 0.717) is 12.6 Å². The van der Waals surface area contributed by atoms with Gasteiger partial charge in [-0.1, -0.05) is 24.3 Å². The normalized spacial score (nSPS) is 17.6. The zero-order chi connectivity index (χ0) is 17.5. The van der Waals surface area contributed by atoms with E-state index in [1.807, 2.05) is 12.3 Å². The predicted molar refractivity (Wildman–Crippen MR) is 104 cm³/mol. The molecule has 0 aliphatic carbocycles. The fourth-order valence-electron chi connectivity index (χ4n) is 3.10. The van der Waals surface area contributed by atoms with Crippen molar-refractivity contribution in [2.24, 2.45) is 4.99 Å². The summed E-state index contributed by atoms with van der Waals surface area (Å²) in [5, 5.41) is 6.92. The molecule has 1 aromatic carbocycles. The summed E-state index contributed by atoms with van der Waals surface area (Å²) in [6, 6.07) is 15.0. The summed E-state index contributed by atoms with van der Waals surface area (Å²) in [6.07, 6.45) is 2.94. The van der Waals surface area contributed by atoms with Crippen molar-refractivity contribution in [3.63, 3.8) is 0 Å². The SMILES string of the molecule is CCNC(=NCc1ncccc1C)NC1CCN(c2ccccc2)C1. The van der Waals surface area contributed by atoms with Crippen LogP contribution in [0.1, 0.15) is 24.6 Å². The van der Waals surface area contributed by atoms with Crippen LogP contribution in [0, 0.1) is 6.92 Å². The van der Waals surface area contributed by atoms with Crippen LogP contribution in [0.5, 0.6) is 0 Å². The summed E-state index contributed by atoms with van der Waals surface area (Å²) in [4.78, 5) is 11.6. The molecule has 132 valence electrons. The van der Waals surface area contributed by atoms with Gasteiger partial charge in [-0.2, -0.15) is 0 Å². The Morgan fingerprint density at radius 1 is 1.24 bits per heavy atom. The molecule has 0 amide bonds. The number of guanidine groups is 1. The average Bonchev–Trinajstić information content (AvgIpc) is 3.10. The number of hydrogen-bond acceptors (Lipinski definition) is 3. The van der Waals surface area contributed by atoms with Gasteiger partial charge < -0.3 is 15.5 Å². The molecule has 1 saturated heterocycles. The average molecular weight is 337 g/mol. The quantitative estimate of drug-likeness (QED) is 0.651. The Balaban J connectivity index is 1.60. The van der Waals surface area contributed by atoms with Crippen molar-refractivity contribution >= 4 is 11.6 Å². The second-order valence-electron chi connectivity index (χ2n) is 6.37. The summed E-state index contributed by atoms with van der Waals surface area (Å²) < 4.78 is 0. The van der Waals surface area contributed by atoms with Crippen molar-refractivity contribution in [1.82, 2.24) is 15.6 Å². The van der Waals surface area contributed by atoms with Crippen LogP contribution in [-0.2, 0) is 6.54 Å². The Labute approximate surface area is 150 Å². The van der Waals surface area contributed by atoms with E-state index in [2.05, 4.69) is 70.8 Å². The van der Waals surface area contributed by atoms with Gasteiger partial charge in [0.25, 0.3) is 0 Å². The van der Waals surface area contributed by atoms with Gasteiger partial charge in [0.2, 0.25) is 0 Å². The molecule has 25 heavy (non-hydrogen) atoms. The Kier molecular flexibility index (Phi) is 5.88. The third kappa shape index (κ3) is 4.72. The third-order valence-electron chi connectivity index (χ3n) is 4.50. The largest absolute Gasteiger partial charge is 0.369 e. The minimum Gasteiger partial charge on any atom is -0.369 e. The highest BCUT2D eigenvalue weighted by Crippen LogP contribution is 2.19. The Hall–Kier alpha value is -2.56. The number of para-hydroxylation sites is 1. The molecule has 0 radical (unpaired) electrons. The van der Waals surface area contributed by atoms with Gasteiger partial charge in [-0.25, -0.2) is 4.99 Å².